The molecule has 0 unspecified atom stereocenters. The monoisotopic (exact) mass is 354 g/mol. The first-order valence-corrected chi connectivity index (χ1v) is 8.59. The van der Waals surface area contributed by atoms with E-state index in [-0.39, 0.29) is 22.9 Å². The summed E-state index contributed by atoms with van der Waals surface area (Å²) in [7, 11) is 0. The number of carbonyl (C=O) groups is 1. The number of hydrogen-bond donors (Lipinski definition) is 1. The average Bonchev–Trinajstić information content (AvgIpc) is 2.55. The van der Waals surface area contributed by atoms with Gasteiger partial charge in [-0.1, -0.05) is 30.3 Å². The standard InChI is InChI=1S/C22H23FO3/c1-13-10-11-14(15-8-6-7-9-17(15)23)12-16(13)18-19(24)21(2,3)26-22(4,5)20(18)25/h6-12,24H,1-5H3. The van der Waals surface area contributed by atoms with Crippen LogP contribution in [0.1, 0.15) is 38.8 Å². The van der Waals surface area contributed by atoms with Crippen LogP contribution in [0.5, 0.6) is 0 Å². The lowest BCUT2D eigenvalue weighted by atomic mass is 9.81. The second kappa shape index (κ2) is 6.06. The summed E-state index contributed by atoms with van der Waals surface area (Å²) in [6.07, 6.45) is 0. The molecule has 0 saturated heterocycles. The van der Waals surface area contributed by atoms with Gasteiger partial charge in [0.2, 0.25) is 0 Å². The highest BCUT2D eigenvalue weighted by atomic mass is 19.1. The van der Waals surface area contributed by atoms with Crippen LogP contribution in [-0.4, -0.2) is 22.1 Å². The molecule has 1 N–H and O–H groups in total. The maximum Gasteiger partial charge on any atom is 0.198 e. The van der Waals surface area contributed by atoms with Gasteiger partial charge in [-0.05, 0) is 63.4 Å². The Hall–Kier alpha value is -2.46. The summed E-state index contributed by atoms with van der Waals surface area (Å²) in [5.74, 6) is -0.724. The van der Waals surface area contributed by atoms with Gasteiger partial charge in [-0.3, -0.25) is 4.79 Å². The summed E-state index contributed by atoms with van der Waals surface area (Å²) in [5, 5.41) is 10.8. The topological polar surface area (TPSA) is 46.5 Å². The SMILES string of the molecule is Cc1ccc(-c2ccccc2F)cc1C1=C(O)C(C)(C)OC(C)(C)C1=O. The molecule has 2 aromatic carbocycles. The van der Waals surface area contributed by atoms with Gasteiger partial charge in [0.05, 0.1) is 5.57 Å². The molecule has 0 saturated carbocycles. The third-order valence-corrected chi connectivity index (χ3v) is 4.78. The summed E-state index contributed by atoms with van der Waals surface area (Å²) in [6, 6.07) is 11.9. The van der Waals surface area contributed by atoms with E-state index in [0.29, 0.717) is 16.7 Å². The average molecular weight is 354 g/mol. The highest BCUT2D eigenvalue weighted by molar-refractivity contribution is 6.26. The number of rotatable bonds is 2. The number of ketones is 1. The molecule has 1 aliphatic rings. The van der Waals surface area contributed by atoms with Crippen molar-refractivity contribution in [2.24, 2.45) is 0 Å². The number of hydrogen-bond acceptors (Lipinski definition) is 3. The summed E-state index contributed by atoms with van der Waals surface area (Å²) < 4.78 is 20.0. The Morgan fingerprint density at radius 1 is 0.962 bits per heavy atom. The summed E-state index contributed by atoms with van der Waals surface area (Å²) >= 11 is 0. The Morgan fingerprint density at radius 2 is 1.62 bits per heavy atom. The van der Waals surface area contributed by atoms with E-state index < -0.39 is 11.2 Å². The van der Waals surface area contributed by atoms with Crippen molar-refractivity contribution in [3.63, 3.8) is 0 Å². The molecule has 0 spiro atoms. The molecule has 0 fully saturated rings. The predicted molar refractivity (Wildman–Crippen MR) is 100 cm³/mol. The molecule has 3 nitrogen and oxygen atoms in total. The molecule has 26 heavy (non-hydrogen) atoms. The van der Waals surface area contributed by atoms with E-state index in [1.807, 2.05) is 19.1 Å². The van der Waals surface area contributed by atoms with E-state index >= 15 is 0 Å². The smallest absolute Gasteiger partial charge is 0.198 e. The van der Waals surface area contributed by atoms with Crippen LogP contribution in [0.3, 0.4) is 0 Å². The lowest BCUT2D eigenvalue weighted by Gasteiger charge is -2.40. The largest absolute Gasteiger partial charge is 0.508 e. The molecule has 0 aromatic heterocycles. The van der Waals surface area contributed by atoms with Crippen molar-refractivity contribution >= 4 is 11.4 Å². The van der Waals surface area contributed by atoms with Crippen LogP contribution in [-0.2, 0) is 9.53 Å². The van der Waals surface area contributed by atoms with Crippen LogP contribution < -0.4 is 0 Å². The van der Waals surface area contributed by atoms with Gasteiger partial charge in [-0.2, -0.15) is 0 Å². The second-order valence-electron chi connectivity index (χ2n) is 7.68. The van der Waals surface area contributed by atoms with Gasteiger partial charge in [0.1, 0.15) is 22.8 Å². The molecule has 0 atom stereocenters. The number of aryl methyl sites for hydroxylation is 1. The zero-order chi connectivity index (χ0) is 19.3. The molecule has 3 rings (SSSR count). The highest BCUT2D eigenvalue weighted by Gasteiger charge is 2.47. The number of aliphatic hydroxyl groups is 1. The molecule has 4 heteroatoms. The van der Waals surface area contributed by atoms with E-state index in [2.05, 4.69) is 0 Å². The van der Waals surface area contributed by atoms with Crippen molar-refractivity contribution in [3.05, 3.63) is 65.2 Å². The fourth-order valence-corrected chi connectivity index (χ4v) is 3.45. The van der Waals surface area contributed by atoms with E-state index in [9.17, 15) is 14.3 Å². The van der Waals surface area contributed by atoms with Crippen LogP contribution >= 0.6 is 0 Å². The Kier molecular flexibility index (Phi) is 4.27. The Morgan fingerprint density at radius 3 is 2.27 bits per heavy atom. The molecule has 0 radical (unpaired) electrons. The maximum atomic E-state index is 14.2. The van der Waals surface area contributed by atoms with Gasteiger partial charge >= 0.3 is 0 Å². The number of ether oxygens (including phenoxy) is 1. The number of carbonyl (C=O) groups excluding carboxylic acids is 1. The summed E-state index contributed by atoms with van der Waals surface area (Å²) in [4.78, 5) is 13.0. The molecule has 0 amide bonds. The first-order chi connectivity index (χ1) is 12.0. The highest BCUT2D eigenvalue weighted by Crippen LogP contribution is 2.41. The summed E-state index contributed by atoms with van der Waals surface area (Å²) in [6.45, 7) is 8.71. The van der Waals surface area contributed by atoms with Crippen LogP contribution in [0.2, 0.25) is 0 Å². The molecule has 0 aliphatic carbocycles. The molecule has 136 valence electrons. The van der Waals surface area contributed by atoms with E-state index in [0.717, 1.165) is 5.56 Å². The third-order valence-electron chi connectivity index (χ3n) is 4.78. The number of aliphatic hydroxyl groups excluding tert-OH is 1. The van der Waals surface area contributed by atoms with Gasteiger partial charge in [0.15, 0.2) is 5.78 Å². The molecule has 2 aromatic rings. The summed E-state index contributed by atoms with van der Waals surface area (Å²) in [5.41, 5.74) is 0.706. The van der Waals surface area contributed by atoms with Gasteiger partial charge in [-0.25, -0.2) is 4.39 Å². The van der Waals surface area contributed by atoms with Crippen LogP contribution in [0.15, 0.2) is 48.2 Å². The molecule has 0 bridgehead atoms. The Bertz CT molecular complexity index is 923. The zero-order valence-corrected chi connectivity index (χ0v) is 15.7. The minimum atomic E-state index is -1.06. The van der Waals surface area contributed by atoms with Crippen molar-refractivity contribution in [1.82, 2.24) is 0 Å². The van der Waals surface area contributed by atoms with E-state index in [4.69, 9.17) is 4.74 Å². The molecular weight excluding hydrogens is 331 g/mol. The van der Waals surface area contributed by atoms with Crippen molar-refractivity contribution in [1.29, 1.82) is 0 Å². The fraction of sp³-hybridized carbons (Fsp3) is 0.318. The number of Topliss-reactive ketones (excluding diaryl/α,β-unsaturated/α-hetero) is 1. The zero-order valence-electron chi connectivity index (χ0n) is 15.7. The van der Waals surface area contributed by atoms with Crippen molar-refractivity contribution in [2.45, 2.75) is 45.8 Å². The molecule has 1 heterocycles. The predicted octanol–water partition coefficient (Wildman–Crippen LogP) is 5.23. The quantitative estimate of drug-likeness (QED) is 0.803. The van der Waals surface area contributed by atoms with Crippen molar-refractivity contribution in [3.8, 4) is 11.1 Å². The first-order valence-electron chi connectivity index (χ1n) is 8.59. The van der Waals surface area contributed by atoms with E-state index in [1.54, 1.807) is 52.0 Å². The number of halogens is 1. The Balaban J connectivity index is 2.25. The van der Waals surface area contributed by atoms with Crippen LogP contribution in [0, 0.1) is 12.7 Å². The van der Waals surface area contributed by atoms with Gasteiger partial charge in [0.25, 0.3) is 0 Å². The first kappa shape index (κ1) is 18.3. The lowest BCUT2D eigenvalue weighted by Crippen LogP contribution is -2.49. The third kappa shape index (κ3) is 2.95. The lowest BCUT2D eigenvalue weighted by molar-refractivity contribution is -0.158. The Labute approximate surface area is 153 Å². The molecule has 1 aliphatic heterocycles. The fourth-order valence-electron chi connectivity index (χ4n) is 3.45. The van der Waals surface area contributed by atoms with Gasteiger partial charge in [0, 0.05) is 5.56 Å². The number of benzene rings is 2. The van der Waals surface area contributed by atoms with Gasteiger partial charge in [-0.15, -0.1) is 0 Å². The van der Waals surface area contributed by atoms with Crippen molar-refractivity contribution < 1.29 is 19.0 Å². The maximum absolute atomic E-state index is 14.2. The minimum Gasteiger partial charge on any atom is -0.508 e. The van der Waals surface area contributed by atoms with Crippen LogP contribution in [0.25, 0.3) is 16.7 Å². The van der Waals surface area contributed by atoms with Crippen LogP contribution in [0.4, 0.5) is 4.39 Å². The normalized spacial score (nSPS) is 18.9. The van der Waals surface area contributed by atoms with Crippen molar-refractivity contribution in [2.75, 3.05) is 0 Å². The van der Waals surface area contributed by atoms with E-state index in [1.165, 1.54) is 6.07 Å². The molecular formula is C22H23FO3. The van der Waals surface area contributed by atoms with Gasteiger partial charge < -0.3 is 9.84 Å². The minimum absolute atomic E-state index is 0.101. The second-order valence-corrected chi connectivity index (χ2v) is 7.68.